The number of nitrogens with one attached hydrogen (secondary N) is 1. The van der Waals surface area contributed by atoms with Gasteiger partial charge in [0.25, 0.3) is 0 Å². The van der Waals surface area contributed by atoms with E-state index in [0.29, 0.717) is 0 Å². The Morgan fingerprint density at radius 1 is 1.24 bits per heavy atom. The summed E-state index contributed by atoms with van der Waals surface area (Å²) >= 11 is 3.46. The van der Waals surface area contributed by atoms with Crippen LogP contribution in [0.25, 0.3) is 0 Å². The van der Waals surface area contributed by atoms with E-state index in [9.17, 15) is 4.79 Å². The van der Waals surface area contributed by atoms with Gasteiger partial charge in [-0.1, -0.05) is 28.1 Å². The molecule has 2 rings (SSSR count). The predicted molar refractivity (Wildman–Crippen MR) is 85.1 cm³/mol. The van der Waals surface area contributed by atoms with Crippen LogP contribution < -0.4 is 5.32 Å². The zero-order valence-electron chi connectivity index (χ0n) is 12.4. The third-order valence-corrected chi connectivity index (χ3v) is 4.46. The highest BCUT2D eigenvalue weighted by Crippen LogP contribution is 2.37. The van der Waals surface area contributed by atoms with Crippen molar-refractivity contribution in [2.24, 2.45) is 0 Å². The number of halogens is 1. The van der Waals surface area contributed by atoms with Crippen LogP contribution >= 0.6 is 15.9 Å². The highest BCUT2D eigenvalue weighted by Gasteiger charge is 2.34. The molecule has 0 aliphatic carbocycles. The molecule has 1 aromatic rings. The minimum atomic E-state index is -0.392. The molecule has 0 amide bonds. The fourth-order valence-corrected chi connectivity index (χ4v) is 3.04. The van der Waals surface area contributed by atoms with Gasteiger partial charge in [-0.25, -0.2) is 4.79 Å². The van der Waals surface area contributed by atoms with Crippen molar-refractivity contribution in [3.63, 3.8) is 0 Å². The number of ether oxygens (including phenoxy) is 2. The van der Waals surface area contributed by atoms with Gasteiger partial charge in [0.2, 0.25) is 0 Å². The maximum Gasteiger partial charge on any atom is 0.331 e. The maximum atomic E-state index is 11.5. The molecule has 1 fully saturated rings. The summed E-state index contributed by atoms with van der Waals surface area (Å²) in [5, 5.41) is 3.41. The van der Waals surface area contributed by atoms with Crippen molar-refractivity contribution >= 4 is 21.9 Å². The van der Waals surface area contributed by atoms with E-state index in [2.05, 4.69) is 33.4 Å². The van der Waals surface area contributed by atoms with Crippen LogP contribution in [0.3, 0.4) is 0 Å². The third-order valence-electron chi connectivity index (χ3n) is 3.93. The number of benzene rings is 1. The van der Waals surface area contributed by atoms with Gasteiger partial charge in [-0.3, -0.25) is 0 Å². The largest absolute Gasteiger partial charge is 0.467 e. The Morgan fingerprint density at radius 3 is 2.43 bits per heavy atom. The van der Waals surface area contributed by atoms with E-state index in [-0.39, 0.29) is 12.6 Å². The van der Waals surface area contributed by atoms with Crippen molar-refractivity contribution in [3.8, 4) is 0 Å². The van der Waals surface area contributed by atoms with Crippen LogP contribution in [-0.2, 0) is 19.9 Å². The molecule has 1 aromatic carbocycles. The molecule has 1 N–H and O–H groups in total. The molecular weight excluding hydrogens is 334 g/mol. The summed E-state index contributed by atoms with van der Waals surface area (Å²) in [4.78, 5) is 11.5. The molecular formula is C16H22BrNO3. The highest BCUT2D eigenvalue weighted by molar-refractivity contribution is 9.10. The Balaban J connectivity index is 2.22. The van der Waals surface area contributed by atoms with Gasteiger partial charge in [0, 0.05) is 4.47 Å². The zero-order chi connectivity index (χ0) is 15.1. The molecule has 5 heteroatoms. The molecule has 21 heavy (non-hydrogen) atoms. The highest BCUT2D eigenvalue weighted by atomic mass is 79.9. The second-order valence-electron chi connectivity index (χ2n) is 5.32. The molecule has 0 saturated carbocycles. The number of carbonyl (C=O) groups is 1. The first kappa shape index (κ1) is 16.5. The van der Waals surface area contributed by atoms with Gasteiger partial charge in [-0.05, 0) is 56.5 Å². The fourth-order valence-electron chi connectivity index (χ4n) is 2.77. The van der Waals surface area contributed by atoms with Gasteiger partial charge >= 0.3 is 5.97 Å². The summed E-state index contributed by atoms with van der Waals surface area (Å²) in [5.41, 5.74) is 0.744. The van der Waals surface area contributed by atoms with Crippen molar-refractivity contribution in [3.05, 3.63) is 34.3 Å². The molecule has 0 atom stereocenters. The lowest BCUT2D eigenvalue weighted by Crippen LogP contribution is -2.36. The van der Waals surface area contributed by atoms with Crippen LogP contribution in [-0.4, -0.2) is 32.8 Å². The van der Waals surface area contributed by atoms with Gasteiger partial charge in [-0.2, -0.15) is 0 Å². The van der Waals surface area contributed by atoms with E-state index in [0.717, 1.165) is 48.8 Å². The van der Waals surface area contributed by atoms with Crippen LogP contribution in [0.15, 0.2) is 28.7 Å². The van der Waals surface area contributed by atoms with Gasteiger partial charge in [0.1, 0.15) is 6.61 Å². The SMILES string of the molecule is COC(=O)COC1(c2ccc(Br)cc2)CCCNCCC1. The number of methoxy groups -OCH3 is 1. The minimum Gasteiger partial charge on any atom is -0.467 e. The first-order valence-corrected chi connectivity index (χ1v) is 8.13. The topological polar surface area (TPSA) is 47.6 Å². The second kappa shape index (κ2) is 7.92. The number of carbonyl (C=O) groups excluding carboxylic acids is 1. The number of rotatable bonds is 4. The average molecular weight is 356 g/mol. The summed E-state index contributed by atoms with van der Waals surface area (Å²) in [5.74, 6) is -0.327. The number of hydrogen-bond acceptors (Lipinski definition) is 4. The van der Waals surface area contributed by atoms with E-state index < -0.39 is 5.60 Å². The van der Waals surface area contributed by atoms with Crippen molar-refractivity contribution < 1.29 is 14.3 Å². The molecule has 0 unspecified atom stereocenters. The lowest BCUT2D eigenvalue weighted by atomic mass is 9.83. The Hall–Kier alpha value is -0.910. The predicted octanol–water partition coefficient (Wildman–Crippen LogP) is 3.00. The zero-order valence-corrected chi connectivity index (χ0v) is 13.9. The Labute approximate surface area is 134 Å². The van der Waals surface area contributed by atoms with Crippen molar-refractivity contribution in [2.45, 2.75) is 31.3 Å². The molecule has 0 radical (unpaired) electrons. The van der Waals surface area contributed by atoms with Gasteiger partial charge < -0.3 is 14.8 Å². The summed E-state index contributed by atoms with van der Waals surface area (Å²) < 4.78 is 11.8. The van der Waals surface area contributed by atoms with E-state index in [1.54, 1.807) is 0 Å². The van der Waals surface area contributed by atoms with Crippen LogP contribution in [0, 0.1) is 0 Å². The maximum absolute atomic E-state index is 11.5. The number of esters is 1. The molecule has 4 nitrogen and oxygen atoms in total. The smallest absolute Gasteiger partial charge is 0.331 e. The van der Waals surface area contributed by atoms with Crippen molar-refractivity contribution in [1.29, 1.82) is 0 Å². The van der Waals surface area contributed by atoms with E-state index >= 15 is 0 Å². The van der Waals surface area contributed by atoms with Gasteiger partial charge in [0.15, 0.2) is 0 Å². The van der Waals surface area contributed by atoms with Crippen LogP contribution in [0.1, 0.15) is 31.2 Å². The fraction of sp³-hybridized carbons (Fsp3) is 0.562. The molecule has 0 bridgehead atoms. The first-order chi connectivity index (χ1) is 10.2. The number of hydrogen-bond donors (Lipinski definition) is 1. The van der Waals surface area contributed by atoms with E-state index in [1.165, 1.54) is 7.11 Å². The Bertz CT molecular complexity index is 453. The molecule has 1 aliphatic heterocycles. The monoisotopic (exact) mass is 355 g/mol. The van der Waals surface area contributed by atoms with Gasteiger partial charge in [0.05, 0.1) is 12.7 Å². The lowest BCUT2D eigenvalue weighted by molar-refractivity contribution is -0.156. The molecule has 1 saturated heterocycles. The summed E-state index contributed by atoms with van der Waals surface area (Å²) in [7, 11) is 1.39. The summed E-state index contributed by atoms with van der Waals surface area (Å²) in [6.07, 6.45) is 3.85. The summed E-state index contributed by atoms with van der Waals surface area (Å²) in [6, 6.07) is 8.21. The standard InChI is InChI=1S/C16H22BrNO3/c1-20-15(19)12-21-16(8-2-10-18-11-3-9-16)13-4-6-14(17)7-5-13/h4-7,18H,2-3,8-12H2,1H3. The summed E-state index contributed by atoms with van der Waals surface area (Å²) in [6.45, 7) is 1.97. The quantitative estimate of drug-likeness (QED) is 0.843. The van der Waals surface area contributed by atoms with Crippen molar-refractivity contribution in [1.82, 2.24) is 5.32 Å². The first-order valence-electron chi connectivity index (χ1n) is 7.34. The molecule has 116 valence electrons. The van der Waals surface area contributed by atoms with E-state index in [4.69, 9.17) is 9.47 Å². The Kier molecular flexibility index (Phi) is 6.21. The Morgan fingerprint density at radius 2 is 1.86 bits per heavy atom. The second-order valence-corrected chi connectivity index (χ2v) is 6.24. The minimum absolute atomic E-state index is 0.00000744. The van der Waals surface area contributed by atoms with Crippen LogP contribution in [0.4, 0.5) is 0 Å². The van der Waals surface area contributed by atoms with Gasteiger partial charge in [-0.15, -0.1) is 0 Å². The third kappa shape index (κ3) is 4.53. The van der Waals surface area contributed by atoms with E-state index in [1.807, 2.05) is 12.1 Å². The van der Waals surface area contributed by atoms with Crippen LogP contribution in [0.2, 0.25) is 0 Å². The van der Waals surface area contributed by atoms with Crippen LogP contribution in [0.5, 0.6) is 0 Å². The molecule has 1 heterocycles. The normalized spacial score (nSPS) is 18.6. The lowest BCUT2D eigenvalue weighted by Gasteiger charge is -2.36. The molecule has 0 aromatic heterocycles. The average Bonchev–Trinajstić information content (AvgIpc) is 2.47. The molecule has 1 aliphatic rings. The van der Waals surface area contributed by atoms with Crippen molar-refractivity contribution in [2.75, 3.05) is 26.8 Å². The molecule has 0 spiro atoms.